The fourth-order valence-electron chi connectivity index (χ4n) is 3.13. The zero-order valence-corrected chi connectivity index (χ0v) is 11.3. The van der Waals surface area contributed by atoms with Gasteiger partial charge in [-0.3, -0.25) is 4.79 Å². The molecule has 1 amide bonds. The van der Waals surface area contributed by atoms with E-state index in [0.29, 0.717) is 17.5 Å². The number of carbonyl (C=O) groups excluding carboxylic acids is 1. The summed E-state index contributed by atoms with van der Waals surface area (Å²) in [6, 6.07) is 6.21. The van der Waals surface area contributed by atoms with Crippen LogP contribution < -0.4 is 5.14 Å². The molecule has 102 valence electrons. The number of primary sulfonamides is 1. The number of rotatable bonds is 2. The van der Waals surface area contributed by atoms with Crippen molar-refractivity contribution in [1.82, 2.24) is 4.90 Å². The van der Waals surface area contributed by atoms with Gasteiger partial charge in [0.1, 0.15) is 0 Å². The molecule has 2 atom stereocenters. The normalized spacial score (nSPS) is 25.8. The predicted octanol–water partition coefficient (Wildman–Crippen LogP) is 0.958. The van der Waals surface area contributed by atoms with E-state index in [9.17, 15) is 13.2 Å². The minimum atomic E-state index is -3.70. The van der Waals surface area contributed by atoms with Crippen LogP contribution in [0.3, 0.4) is 0 Å². The van der Waals surface area contributed by atoms with Crippen molar-refractivity contribution >= 4 is 15.9 Å². The van der Waals surface area contributed by atoms with Crippen LogP contribution in [0.5, 0.6) is 0 Å². The Balaban J connectivity index is 1.81. The van der Waals surface area contributed by atoms with E-state index >= 15 is 0 Å². The van der Waals surface area contributed by atoms with Gasteiger partial charge in [0.05, 0.1) is 4.90 Å². The fourth-order valence-corrected chi connectivity index (χ4v) is 3.64. The molecule has 2 fully saturated rings. The van der Waals surface area contributed by atoms with Crippen LogP contribution in [0.2, 0.25) is 0 Å². The SMILES string of the molecule is NS(=O)(=O)c1ccc(C(=O)N2CC3CCC2C3)cc1. The van der Waals surface area contributed by atoms with E-state index in [2.05, 4.69) is 0 Å². The third-order valence-corrected chi connectivity index (χ3v) is 5.03. The lowest BCUT2D eigenvalue weighted by Crippen LogP contribution is -2.37. The largest absolute Gasteiger partial charge is 0.335 e. The molecule has 1 aromatic rings. The first-order chi connectivity index (χ1) is 8.95. The summed E-state index contributed by atoms with van der Waals surface area (Å²) in [6.07, 6.45) is 3.42. The number of fused-ring (bicyclic) bond motifs is 2. The third kappa shape index (κ3) is 2.26. The third-order valence-electron chi connectivity index (χ3n) is 4.10. The average Bonchev–Trinajstić information content (AvgIpc) is 2.99. The van der Waals surface area contributed by atoms with Crippen molar-refractivity contribution in [3.63, 3.8) is 0 Å². The van der Waals surface area contributed by atoms with E-state index in [1.165, 1.54) is 30.7 Å². The highest BCUT2D eigenvalue weighted by molar-refractivity contribution is 7.89. The molecular weight excluding hydrogens is 264 g/mol. The second kappa shape index (κ2) is 4.31. The summed E-state index contributed by atoms with van der Waals surface area (Å²) < 4.78 is 22.3. The topological polar surface area (TPSA) is 80.5 Å². The molecule has 6 heteroatoms. The lowest BCUT2D eigenvalue weighted by molar-refractivity contribution is 0.0703. The lowest BCUT2D eigenvalue weighted by Gasteiger charge is -2.27. The highest BCUT2D eigenvalue weighted by Gasteiger charge is 2.40. The summed E-state index contributed by atoms with van der Waals surface area (Å²) in [5, 5.41) is 5.03. The van der Waals surface area contributed by atoms with Gasteiger partial charge < -0.3 is 4.90 Å². The molecule has 2 unspecified atom stereocenters. The summed E-state index contributed by atoms with van der Waals surface area (Å²) in [5.41, 5.74) is 0.528. The number of amides is 1. The molecule has 5 nitrogen and oxygen atoms in total. The molecule has 0 aromatic heterocycles. The molecule has 1 saturated heterocycles. The highest BCUT2D eigenvalue weighted by atomic mass is 32.2. The number of carbonyl (C=O) groups is 1. The van der Waals surface area contributed by atoms with Crippen molar-refractivity contribution in [1.29, 1.82) is 0 Å². The molecule has 3 rings (SSSR count). The molecule has 1 aliphatic carbocycles. The van der Waals surface area contributed by atoms with E-state index in [1.807, 2.05) is 4.90 Å². The smallest absolute Gasteiger partial charge is 0.254 e. The zero-order chi connectivity index (χ0) is 13.6. The first-order valence-electron chi connectivity index (χ1n) is 6.39. The Morgan fingerprint density at radius 2 is 1.89 bits per heavy atom. The number of nitrogens with zero attached hydrogens (tertiary/aromatic N) is 1. The van der Waals surface area contributed by atoms with Crippen molar-refractivity contribution in [2.75, 3.05) is 6.54 Å². The van der Waals surface area contributed by atoms with Gasteiger partial charge in [0.25, 0.3) is 5.91 Å². The van der Waals surface area contributed by atoms with Crippen molar-refractivity contribution in [3.8, 4) is 0 Å². The Hall–Kier alpha value is -1.40. The second-order valence-corrected chi connectivity index (χ2v) is 6.92. The van der Waals surface area contributed by atoms with Crippen molar-refractivity contribution < 1.29 is 13.2 Å². The number of likely N-dealkylation sites (tertiary alicyclic amines) is 1. The molecule has 1 aromatic carbocycles. The van der Waals surface area contributed by atoms with Crippen LogP contribution >= 0.6 is 0 Å². The number of piperidine rings is 1. The standard InChI is InChI=1S/C13H16N2O3S/c14-19(17,18)12-5-2-10(3-6-12)13(16)15-8-9-1-4-11(15)7-9/h2-3,5-6,9,11H,1,4,7-8H2,(H2,14,17,18). The average molecular weight is 280 g/mol. The second-order valence-electron chi connectivity index (χ2n) is 5.36. The summed E-state index contributed by atoms with van der Waals surface area (Å²) in [7, 11) is -3.70. The van der Waals surface area contributed by atoms with Crippen LogP contribution in [-0.2, 0) is 10.0 Å². The molecule has 2 bridgehead atoms. The lowest BCUT2D eigenvalue weighted by atomic mass is 10.1. The molecule has 1 saturated carbocycles. The highest BCUT2D eigenvalue weighted by Crippen LogP contribution is 2.38. The van der Waals surface area contributed by atoms with Crippen molar-refractivity contribution in [3.05, 3.63) is 29.8 Å². The van der Waals surface area contributed by atoms with Gasteiger partial charge in [0.2, 0.25) is 10.0 Å². The first-order valence-corrected chi connectivity index (χ1v) is 7.93. The first kappa shape index (κ1) is 12.6. The number of sulfonamides is 1. The molecular formula is C13H16N2O3S. The van der Waals surface area contributed by atoms with Gasteiger partial charge in [-0.1, -0.05) is 0 Å². The molecule has 2 N–H and O–H groups in total. The summed E-state index contributed by atoms with van der Waals surface area (Å²) in [4.78, 5) is 14.3. The van der Waals surface area contributed by atoms with Crippen LogP contribution in [0.1, 0.15) is 29.6 Å². The molecule has 1 aliphatic heterocycles. The maximum Gasteiger partial charge on any atom is 0.254 e. The Labute approximate surface area is 112 Å². The monoisotopic (exact) mass is 280 g/mol. The van der Waals surface area contributed by atoms with Crippen molar-refractivity contribution in [2.24, 2.45) is 11.1 Å². The van der Waals surface area contributed by atoms with Gasteiger partial charge in [0.15, 0.2) is 0 Å². The van der Waals surface area contributed by atoms with Gasteiger partial charge in [-0.2, -0.15) is 0 Å². The van der Waals surface area contributed by atoms with Crippen LogP contribution in [0.25, 0.3) is 0 Å². The molecule has 19 heavy (non-hydrogen) atoms. The van der Waals surface area contributed by atoms with Crippen LogP contribution in [0.15, 0.2) is 29.2 Å². The van der Waals surface area contributed by atoms with E-state index < -0.39 is 10.0 Å². The van der Waals surface area contributed by atoms with E-state index in [0.717, 1.165) is 19.4 Å². The summed E-state index contributed by atoms with van der Waals surface area (Å²) >= 11 is 0. The number of hydrogen-bond donors (Lipinski definition) is 1. The zero-order valence-electron chi connectivity index (χ0n) is 10.5. The molecule has 0 spiro atoms. The Morgan fingerprint density at radius 1 is 1.21 bits per heavy atom. The van der Waals surface area contributed by atoms with Gasteiger partial charge in [-0.15, -0.1) is 0 Å². The number of nitrogens with two attached hydrogens (primary N) is 1. The van der Waals surface area contributed by atoms with E-state index in [4.69, 9.17) is 5.14 Å². The molecule has 1 heterocycles. The van der Waals surface area contributed by atoms with Gasteiger partial charge in [-0.25, -0.2) is 13.6 Å². The minimum absolute atomic E-state index is 0.00632. The summed E-state index contributed by atoms with van der Waals surface area (Å²) in [6.45, 7) is 0.834. The fraction of sp³-hybridized carbons (Fsp3) is 0.462. The number of benzene rings is 1. The quantitative estimate of drug-likeness (QED) is 0.876. The van der Waals surface area contributed by atoms with Crippen molar-refractivity contribution in [2.45, 2.75) is 30.2 Å². The van der Waals surface area contributed by atoms with Gasteiger partial charge in [0, 0.05) is 18.2 Å². The Kier molecular flexibility index (Phi) is 2.87. The molecule has 0 radical (unpaired) electrons. The maximum absolute atomic E-state index is 12.3. The van der Waals surface area contributed by atoms with Crippen LogP contribution in [0, 0.1) is 5.92 Å². The Morgan fingerprint density at radius 3 is 2.37 bits per heavy atom. The van der Waals surface area contributed by atoms with Crippen LogP contribution in [-0.4, -0.2) is 31.8 Å². The van der Waals surface area contributed by atoms with E-state index in [1.54, 1.807) is 0 Å². The maximum atomic E-state index is 12.3. The summed E-state index contributed by atoms with van der Waals surface area (Å²) in [5.74, 6) is 0.644. The van der Waals surface area contributed by atoms with Crippen LogP contribution in [0.4, 0.5) is 0 Å². The predicted molar refractivity (Wildman–Crippen MR) is 70.0 cm³/mol. The molecule has 2 aliphatic rings. The van der Waals surface area contributed by atoms with Gasteiger partial charge >= 0.3 is 0 Å². The van der Waals surface area contributed by atoms with E-state index in [-0.39, 0.29) is 10.8 Å². The minimum Gasteiger partial charge on any atom is -0.335 e. The van der Waals surface area contributed by atoms with Gasteiger partial charge in [-0.05, 0) is 49.4 Å². The Bertz CT molecular complexity index is 609. The number of hydrogen-bond acceptors (Lipinski definition) is 3.